The molecule has 3 aromatic carbocycles. The summed E-state index contributed by atoms with van der Waals surface area (Å²) in [6.45, 7) is 7.81. The third kappa shape index (κ3) is 5.63. The van der Waals surface area contributed by atoms with Crippen molar-refractivity contribution in [3.63, 3.8) is 0 Å². The molecule has 1 amide bonds. The number of halogens is 1. The molecule has 0 unspecified atom stereocenters. The van der Waals surface area contributed by atoms with Crippen LogP contribution in [0.3, 0.4) is 0 Å². The van der Waals surface area contributed by atoms with E-state index in [1.165, 1.54) is 4.31 Å². The van der Waals surface area contributed by atoms with Crippen LogP contribution in [-0.4, -0.2) is 51.9 Å². The van der Waals surface area contributed by atoms with Crippen LogP contribution < -0.4 is 9.21 Å². The molecule has 0 atom stereocenters. The molecule has 6 nitrogen and oxygen atoms in total. The van der Waals surface area contributed by atoms with Crippen molar-refractivity contribution in [1.82, 2.24) is 4.90 Å². The number of anilines is 2. The van der Waals surface area contributed by atoms with Gasteiger partial charge in [0.05, 0.1) is 10.6 Å². The van der Waals surface area contributed by atoms with Crippen molar-refractivity contribution in [2.75, 3.05) is 41.9 Å². The number of aryl methyl sites for hydroxylation is 3. The number of carbonyl (C=O) groups is 1. The number of benzene rings is 3. The zero-order valence-electron chi connectivity index (χ0n) is 20.2. The van der Waals surface area contributed by atoms with Crippen LogP contribution in [0.5, 0.6) is 0 Å². The van der Waals surface area contributed by atoms with Crippen molar-refractivity contribution in [1.29, 1.82) is 0 Å². The Morgan fingerprint density at radius 2 is 1.54 bits per heavy atom. The van der Waals surface area contributed by atoms with E-state index in [2.05, 4.69) is 4.90 Å². The minimum Gasteiger partial charge on any atom is -0.368 e. The molecule has 0 aliphatic carbocycles. The maximum Gasteiger partial charge on any atom is 0.264 e. The second-order valence-electron chi connectivity index (χ2n) is 8.96. The second kappa shape index (κ2) is 10.3. The van der Waals surface area contributed by atoms with Crippen LogP contribution in [0.2, 0.25) is 5.02 Å². The number of amides is 1. The van der Waals surface area contributed by atoms with Gasteiger partial charge in [0, 0.05) is 36.9 Å². The van der Waals surface area contributed by atoms with Gasteiger partial charge in [-0.1, -0.05) is 53.1 Å². The lowest BCUT2D eigenvalue weighted by Gasteiger charge is -2.37. The number of rotatable bonds is 6. The molecule has 1 aliphatic heterocycles. The lowest BCUT2D eigenvalue weighted by atomic mass is 10.1. The van der Waals surface area contributed by atoms with Crippen molar-refractivity contribution in [3.8, 4) is 0 Å². The van der Waals surface area contributed by atoms with Crippen LogP contribution in [0.1, 0.15) is 16.7 Å². The molecule has 0 N–H and O–H groups in total. The molecule has 0 radical (unpaired) electrons. The van der Waals surface area contributed by atoms with Gasteiger partial charge < -0.3 is 9.80 Å². The molecule has 8 heteroatoms. The fourth-order valence-corrected chi connectivity index (χ4v) is 6.00. The molecule has 184 valence electrons. The predicted molar refractivity (Wildman–Crippen MR) is 142 cm³/mol. The van der Waals surface area contributed by atoms with Crippen molar-refractivity contribution in [2.24, 2.45) is 0 Å². The summed E-state index contributed by atoms with van der Waals surface area (Å²) in [5.41, 5.74) is 4.34. The van der Waals surface area contributed by atoms with Gasteiger partial charge >= 0.3 is 0 Å². The van der Waals surface area contributed by atoms with Gasteiger partial charge in [-0.25, -0.2) is 8.42 Å². The first-order chi connectivity index (χ1) is 16.6. The summed E-state index contributed by atoms with van der Waals surface area (Å²) in [7, 11) is -3.94. The summed E-state index contributed by atoms with van der Waals surface area (Å²) in [5, 5.41) is 0.673. The Bertz CT molecular complexity index is 1320. The average molecular weight is 512 g/mol. The molecule has 4 rings (SSSR count). The molecule has 1 aliphatic rings. The van der Waals surface area contributed by atoms with Crippen molar-refractivity contribution in [3.05, 3.63) is 88.4 Å². The van der Waals surface area contributed by atoms with Gasteiger partial charge in [0.2, 0.25) is 5.91 Å². The average Bonchev–Trinajstić information content (AvgIpc) is 2.83. The first-order valence-corrected chi connectivity index (χ1v) is 13.4. The number of piperazine rings is 1. The Balaban J connectivity index is 1.56. The van der Waals surface area contributed by atoms with E-state index in [9.17, 15) is 13.2 Å². The summed E-state index contributed by atoms with van der Waals surface area (Å²) in [4.78, 5) is 17.5. The highest BCUT2D eigenvalue weighted by atomic mass is 35.5. The Morgan fingerprint density at radius 3 is 2.17 bits per heavy atom. The number of hydrogen-bond donors (Lipinski definition) is 0. The fourth-order valence-electron chi connectivity index (χ4n) is 4.33. The number of hydrogen-bond acceptors (Lipinski definition) is 4. The molecule has 1 heterocycles. The minimum absolute atomic E-state index is 0.168. The molecule has 1 saturated heterocycles. The van der Waals surface area contributed by atoms with E-state index in [1.54, 1.807) is 35.2 Å². The maximum absolute atomic E-state index is 13.7. The number of nitrogens with zero attached hydrogens (tertiary/aromatic N) is 3. The predicted octanol–water partition coefficient (Wildman–Crippen LogP) is 4.81. The van der Waals surface area contributed by atoms with Crippen molar-refractivity contribution >= 4 is 38.9 Å². The molecule has 1 fully saturated rings. The van der Waals surface area contributed by atoms with Gasteiger partial charge in [0.15, 0.2) is 0 Å². The van der Waals surface area contributed by atoms with Gasteiger partial charge in [0.25, 0.3) is 10.0 Å². The van der Waals surface area contributed by atoms with Crippen LogP contribution in [0.25, 0.3) is 0 Å². The van der Waals surface area contributed by atoms with Gasteiger partial charge in [-0.2, -0.15) is 0 Å². The van der Waals surface area contributed by atoms with Gasteiger partial charge in [-0.05, 0) is 62.7 Å². The summed E-state index contributed by atoms with van der Waals surface area (Å²) in [6.07, 6.45) is 0. The Labute approximate surface area is 212 Å². The van der Waals surface area contributed by atoms with Crippen LogP contribution in [0, 0.1) is 20.8 Å². The van der Waals surface area contributed by atoms with E-state index >= 15 is 0 Å². The van der Waals surface area contributed by atoms with Gasteiger partial charge in [-0.3, -0.25) is 9.10 Å². The summed E-state index contributed by atoms with van der Waals surface area (Å²) in [5.74, 6) is -0.216. The van der Waals surface area contributed by atoms with E-state index in [4.69, 9.17) is 11.6 Å². The van der Waals surface area contributed by atoms with E-state index in [0.29, 0.717) is 36.9 Å². The molecule has 0 spiro atoms. The summed E-state index contributed by atoms with van der Waals surface area (Å²) < 4.78 is 28.7. The lowest BCUT2D eigenvalue weighted by Crippen LogP contribution is -2.52. The zero-order chi connectivity index (χ0) is 25.2. The molecule has 0 saturated carbocycles. The molecule has 0 aromatic heterocycles. The first-order valence-electron chi connectivity index (χ1n) is 11.6. The summed E-state index contributed by atoms with van der Waals surface area (Å²) in [6, 6.07) is 20.0. The fraction of sp³-hybridized carbons (Fsp3) is 0.296. The Kier molecular flexibility index (Phi) is 7.38. The molecule has 0 bridgehead atoms. The third-order valence-corrected chi connectivity index (χ3v) is 8.32. The standard InChI is InChI=1S/C27H30ClN3O3S/c1-20-7-10-25(11-8-20)35(33,34)31(26-12-9-21(2)17-22(26)3)19-27(32)30-15-13-29(14-16-30)24-6-4-5-23(28)18-24/h4-12,17-18H,13-16,19H2,1-3H3. The maximum atomic E-state index is 13.7. The summed E-state index contributed by atoms with van der Waals surface area (Å²) >= 11 is 6.13. The van der Waals surface area contributed by atoms with Crippen molar-refractivity contribution in [2.45, 2.75) is 25.7 Å². The SMILES string of the molecule is Cc1ccc(S(=O)(=O)N(CC(=O)N2CCN(c3cccc(Cl)c3)CC2)c2ccc(C)cc2C)cc1. The normalized spacial score (nSPS) is 14.2. The molecule has 35 heavy (non-hydrogen) atoms. The molecular formula is C27H30ClN3O3S. The Morgan fingerprint density at radius 1 is 0.886 bits per heavy atom. The highest BCUT2D eigenvalue weighted by Crippen LogP contribution is 2.28. The second-order valence-corrected chi connectivity index (χ2v) is 11.3. The quantitative estimate of drug-likeness (QED) is 0.476. The molecular weight excluding hydrogens is 482 g/mol. The number of carbonyl (C=O) groups excluding carboxylic acids is 1. The lowest BCUT2D eigenvalue weighted by molar-refractivity contribution is -0.129. The van der Waals surface area contributed by atoms with Crippen molar-refractivity contribution < 1.29 is 13.2 Å². The van der Waals surface area contributed by atoms with E-state index in [-0.39, 0.29) is 17.3 Å². The van der Waals surface area contributed by atoms with Crippen LogP contribution >= 0.6 is 11.6 Å². The molecule has 3 aromatic rings. The largest absolute Gasteiger partial charge is 0.368 e. The smallest absolute Gasteiger partial charge is 0.264 e. The Hall–Kier alpha value is -3.03. The topological polar surface area (TPSA) is 60.9 Å². The highest BCUT2D eigenvalue weighted by molar-refractivity contribution is 7.92. The van der Waals surface area contributed by atoms with Crippen LogP contribution in [0.15, 0.2) is 71.6 Å². The number of sulfonamides is 1. The van der Waals surface area contributed by atoms with Crippen LogP contribution in [-0.2, 0) is 14.8 Å². The zero-order valence-corrected chi connectivity index (χ0v) is 21.8. The monoisotopic (exact) mass is 511 g/mol. The highest BCUT2D eigenvalue weighted by Gasteiger charge is 2.31. The van der Waals surface area contributed by atoms with Gasteiger partial charge in [0.1, 0.15) is 6.54 Å². The van der Waals surface area contributed by atoms with Gasteiger partial charge in [-0.15, -0.1) is 0 Å². The van der Waals surface area contributed by atoms with E-state index < -0.39 is 10.0 Å². The van der Waals surface area contributed by atoms with Crippen LogP contribution in [0.4, 0.5) is 11.4 Å². The minimum atomic E-state index is -3.94. The third-order valence-electron chi connectivity index (χ3n) is 6.31. The van der Waals surface area contributed by atoms with E-state index in [0.717, 1.165) is 22.4 Å². The van der Waals surface area contributed by atoms with E-state index in [1.807, 2.05) is 57.2 Å². The first kappa shape index (κ1) is 25.1.